The number of thiophene rings is 1. The summed E-state index contributed by atoms with van der Waals surface area (Å²) >= 11 is 5.36. The molecule has 2 N–H and O–H groups in total. The maximum absolute atomic E-state index is 5.98. The molecule has 0 aliphatic heterocycles. The van der Waals surface area contributed by atoms with Gasteiger partial charge >= 0.3 is 0 Å². The van der Waals surface area contributed by atoms with Gasteiger partial charge in [0, 0.05) is 28.1 Å². The average Bonchev–Trinajstić information content (AvgIpc) is 2.90. The fourth-order valence-corrected chi connectivity index (χ4v) is 3.57. The Morgan fingerprint density at radius 3 is 2.65 bits per heavy atom. The molecule has 108 valence electrons. The Balaban J connectivity index is 2.31. The second-order valence-corrected chi connectivity index (χ2v) is 7.15. The van der Waals surface area contributed by atoms with Gasteiger partial charge in [0.1, 0.15) is 0 Å². The molecule has 20 heavy (non-hydrogen) atoms. The molecule has 4 heteroatoms. The zero-order valence-electron chi connectivity index (χ0n) is 12.1. The van der Waals surface area contributed by atoms with E-state index in [1.807, 2.05) is 6.92 Å². The van der Waals surface area contributed by atoms with Gasteiger partial charge in [0.05, 0.1) is 6.04 Å². The van der Waals surface area contributed by atoms with Gasteiger partial charge in [0.15, 0.2) is 0 Å². The third kappa shape index (κ3) is 3.62. The van der Waals surface area contributed by atoms with Gasteiger partial charge in [0.25, 0.3) is 0 Å². The molecule has 2 aromatic rings. The number of hydrogen-bond donors (Lipinski definition) is 1. The Kier molecular flexibility index (Phi) is 5.24. The number of nitrogens with two attached hydrogens (primary N) is 1. The van der Waals surface area contributed by atoms with E-state index in [1.165, 1.54) is 16.1 Å². The molecule has 0 aliphatic rings. The molecule has 2 rings (SSSR count). The molecule has 0 amide bonds. The second kappa shape index (κ2) is 6.74. The minimum Gasteiger partial charge on any atom is -0.367 e. The van der Waals surface area contributed by atoms with Crippen molar-refractivity contribution in [2.24, 2.45) is 5.73 Å². The van der Waals surface area contributed by atoms with E-state index in [1.54, 1.807) is 11.3 Å². The summed E-state index contributed by atoms with van der Waals surface area (Å²) < 4.78 is 1.11. The summed E-state index contributed by atoms with van der Waals surface area (Å²) in [6, 6.07) is 11.3. The molecule has 2 unspecified atom stereocenters. The first-order valence-electron chi connectivity index (χ1n) is 6.79. The van der Waals surface area contributed by atoms with Gasteiger partial charge in [-0.1, -0.05) is 22.0 Å². The molecular weight excluding hydrogens is 332 g/mol. The van der Waals surface area contributed by atoms with Crippen LogP contribution in [0, 0.1) is 0 Å². The summed E-state index contributed by atoms with van der Waals surface area (Å²) in [5.74, 6) is 0. The topological polar surface area (TPSA) is 29.3 Å². The van der Waals surface area contributed by atoms with Crippen molar-refractivity contribution in [1.29, 1.82) is 0 Å². The van der Waals surface area contributed by atoms with Crippen LogP contribution < -0.4 is 10.6 Å². The summed E-state index contributed by atoms with van der Waals surface area (Å²) in [6.45, 7) is 4.29. The van der Waals surface area contributed by atoms with Crippen molar-refractivity contribution in [3.8, 4) is 0 Å². The molecule has 0 saturated heterocycles. The number of hydrogen-bond acceptors (Lipinski definition) is 3. The van der Waals surface area contributed by atoms with E-state index in [4.69, 9.17) is 5.73 Å². The van der Waals surface area contributed by atoms with Crippen molar-refractivity contribution < 1.29 is 0 Å². The number of anilines is 1. The number of nitrogens with zero attached hydrogens (tertiary/aromatic N) is 1. The van der Waals surface area contributed by atoms with Crippen LogP contribution in [0.5, 0.6) is 0 Å². The van der Waals surface area contributed by atoms with E-state index in [-0.39, 0.29) is 6.04 Å². The Bertz CT molecular complexity index is 552. The highest BCUT2D eigenvalue weighted by atomic mass is 79.9. The minimum atomic E-state index is 0.161. The molecule has 0 bridgehead atoms. The van der Waals surface area contributed by atoms with Crippen LogP contribution >= 0.6 is 27.3 Å². The van der Waals surface area contributed by atoms with Crippen LogP contribution in [0.15, 0.2) is 40.2 Å². The van der Waals surface area contributed by atoms with E-state index in [0.717, 1.165) is 10.9 Å². The highest BCUT2D eigenvalue weighted by molar-refractivity contribution is 9.10. The Morgan fingerprint density at radius 1 is 1.30 bits per heavy atom. The molecule has 2 nitrogen and oxygen atoms in total. The molecule has 2 atom stereocenters. The molecule has 1 heterocycles. The van der Waals surface area contributed by atoms with Crippen molar-refractivity contribution in [2.75, 3.05) is 11.9 Å². The van der Waals surface area contributed by atoms with Crippen molar-refractivity contribution in [2.45, 2.75) is 32.4 Å². The quantitative estimate of drug-likeness (QED) is 0.851. The van der Waals surface area contributed by atoms with Crippen LogP contribution in [-0.2, 0) is 6.42 Å². The van der Waals surface area contributed by atoms with E-state index in [2.05, 4.69) is 70.5 Å². The van der Waals surface area contributed by atoms with E-state index in [0.29, 0.717) is 6.04 Å². The SMILES string of the molecule is CC(N)Cc1cc(Br)ccc1N(C)C(C)c1cccs1. The van der Waals surface area contributed by atoms with E-state index < -0.39 is 0 Å². The first-order chi connectivity index (χ1) is 9.49. The molecule has 1 aromatic heterocycles. The standard InChI is InChI=1S/C16H21BrN2S/c1-11(18)9-13-10-14(17)6-7-15(13)19(3)12(2)16-5-4-8-20-16/h4-8,10-12H,9,18H2,1-3H3. The zero-order chi connectivity index (χ0) is 14.7. The summed E-state index contributed by atoms with van der Waals surface area (Å²) in [4.78, 5) is 3.71. The smallest absolute Gasteiger partial charge is 0.0603 e. The lowest BCUT2D eigenvalue weighted by Crippen LogP contribution is -2.24. The van der Waals surface area contributed by atoms with Gasteiger partial charge in [-0.2, -0.15) is 0 Å². The Morgan fingerprint density at radius 2 is 2.05 bits per heavy atom. The summed E-state index contributed by atoms with van der Waals surface area (Å²) in [5.41, 5.74) is 8.53. The second-order valence-electron chi connectivity index (χ2n) is 5.26. The molecule has 0 radical (unpaired) electrons. The monoisotopic (exact) mass is 352 g/mol. The van der Waals surface area contributed by atoms with Crippen molar-refractivity contribution in [3.05, 3.63) is 50.6 Å². The number of halogens is 1. The van der Waals surface area contributed by atoms with Crippen molar-refractivity contribution in [1.82, 2.24) is 0 Å². The molecule has 0 fully saturated rings. The molecule has 0 spiro atoms. The third-order valence-corrected chi connectivity index (χ3v) is 5.04. The van der Waals surface area contributed by atoms with Crippen molar-refractivity contribution >= 4 is 33.0 Å². The fourth-order valence-electron chi connectivity index (χ4n) is 2.34. The first-order valence-corrected chi connectivity index (χ1v) is 8.46. The summed E-state index contributed by atoms with van der Waals surface area (Å²) in [6.07, 6.45) is 0.885. The minimum absolute atomic E-state index is 0.161. The summed E-state index contributed by atoms with van der Waals surface area (Å²) in [7, 11) is 2.15. The van der Waals surface area contributed by atoms with Gasteiger partial charge in [-0.15, -0.1) is 11.3 Å². The molecule has 1 aromatic carbocycles. The number of rotatable bonds is 5. The van der Waals surface area contributed by atoms with Crippen LogP contribution in [0.1, 0.15) is 30.3 Å². The predicted molar refractivity (Wildman–Crippen MR) is 92.6 cm³/mol. The zero-order valence-corrected chi connectivity index (χ0v) is 14.5. The van der Waals surface area contributed by atoms with Crippen LogP contribution in [-0.4, -0.2) is 13.1 Å². The summed E-state index contributed by atoms with van der Waals surface area (Å²) in [5, 5.41) is 2.13. The van der Waals surface area contributed by atoms with Gasteiger partial charge in [0.2, 0.25) is 0 Å². The number of benzene rings is 1. The van der Waals surface area contributed by atoms with Crippen molar-refractivity contribution in [3.63, 3.8) is 0 Å². The average molecular weight is 353 g/mol. The third-order valence-electron chi connectivity index (χ3n) is 3.50. The molecular formula is C16H21BrN2S. The fraction of sp³-hybridized carbons (Fsp3) is 0.375. The van der Waals surface area contributed by atoms with E-state index in [9.17, 15) is 0 Å². The maximum atomic E-state index is 5.98. The molecule has 0 saturated carbocycles. The first kappa shape index (κ1) is 15.5. The van der Waals surface area contributed by atoms with Crippen LogP contribution in [0.25, 0.3) is 0 Å². The van der Waals surface area contributed by atoms with E-state index >= 15 is 0 Å². The van der Waals surface area contributed by atoms with Gasteiger partial charge < -0.3 is 10.6 Å². The lowest BCUT2D eigenvalue weighted by molar-refractivity contribution is 0.716. The van der Waals surface area contributed by atoms with Crippen LogP contribution in [0.4, 0.5) is 5.69 Å². The Labute approximate surface area is 133 Å². The largest absolute Gasteiger partial charge is 0.367 e. The lowest BCUT2D eigenvalue weighted by Gasteiger charge is -2.29. The maximum Gasteiger partial charge on any atom is 0.0603 e. The van der Waals surface area contributed by atoms with Gasteiger partial charge in [-0.3, -0.25) is 0 Å². The molecule has 0 aliphatic carbocycles. The highest BCUT2D eigenvalue weighted by Crippen LogP contribution is 2.32. The lowest BCUT2D eigenvalue weighted by atomic mass is 10.0. The Hall–Kier alpha value is -0.840. The predicted octanol–water partition coefficient (Wildman–Crippen LogP) is 4.60. The van der Waals surface area contributed by atoms with Gasteiger partial charge in [-0.05, 0) is 55.5 Å². The van der Waals surface area contributed by atoms with Gasteiger partial charge in [-0.25, -0.2) is 0 Å². The van der Waals surface area contributed by atoms with Crippen LogP contribution in [0.3, 0.4) is 0 Å². The highest BCUT2D eigenvalue weighted by Gasteiger charge is 2.16. The van der Waals surface area contributed by atoms with Crippen LogP contribution in [0.2, 0.25) is 0 Å². The normalized spacial score (nSPS) is 14.1.